The molecule has 1 fully saturated rings. The second-order valence-electron chi connectivity index (χ2n) is 3.06. The van der Waals surface area contributed by atoms with Crippen LogP contribution in [-0.4, -0.2) is 18.2 Å². The van der Waals surface area contributed by atoms with Gasteiger partial charge in [0.1, 0.15) is 12.5 Å². The highest BCUT2D eigenvalue weighted by molar-refractivity contribution is 6.10. The van der Waals surface area contributed by atoms with E-state index in [0.29, 0.717) is 5.70 Å². The van der Waals surface area contributed by atoms with E-state index in [-0.39, 0.29) is 18.2 Å². The Hall–Kier alpha value is -1.84. The fourth-order valence-electron chi connectivity index (χ4n) is 1.43. The summed E-state index contributed by atoms with van der Waals surface area (Å²) in [5.41, 5.74) is 0.603. The Morgan fingerprint density at radius 2 is 2.14 bits per heavy atom. The molecule has 4 nitrogen and oxygen atoms in total. The van der Waals surface area contributed by atoms with Crippen molar-refractivity contribution in [2.24, 2.45) is 5.92 Å². The number of Topliss-reactive ketones (excluding diaryl/α,β-unsaturated/α-hetero) is 1. The van der Waals surface area contributed by atoms with E-state index in [1.165, 1.54) is 0 Å². The Bertz CT molecular complexity index is 350. The highest BCUT2D eigenvalue weighted by Crippen LogP contribution is 2.16. The van der Waals surface area contributed by atoms with Gasteiger partial charge in [-0.1, -0.05) is 12.2 Å². The molecule has 0 aliphatic carbocycles. The van der Waals surface area contributed by atoms with Gasteiger partial charge in [0.25, 0.3) is 5.91 Å². The number of hydrogen-bond acceptors (Lipinski definition) is 3. The van der Waals surface area contributed by atoms with Gasteiger partial charge in [-0.25, -0.2) is 5.32 Å². The minimum atomic E-state index is -0.720. The molecule has 0 saturated carbocycles. The number of amides is 1. The smallest absolute Gasteiger partial charge is 0.258 e. The van der Waals surface area contributed by atoms with Gasteiger partial charge in [0, 0.05) is 11.9 Å². The Balaban J connectivity index is 2.25. The maximum Gasteiger partial charge on any atom is 0.258 e. The number of nitrogens with one attached hydrogen (secondary N) is 1. The van der Waals surface area contributed by atoms with Gasteiger partial charge in [0.15, 0.2) is 5.78 Å². The summed E-state index contributed by atoms with van der Waals surface area (Å²) in [5.74, 6) is -1.21. The summed E-state index contributed by atoms with van der Waals surface area (Å²) in [6.07, 6.45) is 8.81. The lowest BCUT2D eigenvalue weighted by Crippen LogP contribution is -2.25. The molecule has 1 saturated heterocycles. The highest BCUT2D eigenvalue weighted by atomic mass is 16.2. The number of rotatable bonds is 1. The van der Waals surface area contributed by atoms with Gasteiger partial charge >= 0.3 is 0 Å². The molecule has 2 heterocycles. The summed E-state index contributed by atoms with van der Waals surface area (Å²) in [7, 11) is 0. The first-order chi connectivity index (χ1) is 6.79. The van der Waals surface area contributed by atoms with Crippen LogP contribution in [0.25, 0.3) is 0 Å². The number of hydrogen-bond donors (Lipinski definition) is 1. The summed E-state index contributed by atoms with van der Waals surface area (Å²) in [6.45, 7) is 0.00987. The zero-order valence-electron chi connectivity index (χ0n) is 7.43. The maximum absolute atomic E-state index is 11.4. The molecule has 1 amide bonds. The van der Waals surface area contributed by atoms with E-state index < -0.39 is 5.92 Å². The Morgan fingerprint density at radius 1 is 1.29 bits per heavy atom. The van der Waals surface area contributed by atoms with Crippen LogP contribution in [0.15, 0.2) is 36.2 Å². The SMILES string of the molecule is O=C1C[N]C(=O)C1C1=CC=CC=CN1. The molecule has 0 aromatic heterocycles. The van der Waals surface area contributed by atoms with Crippen molar-refractivity contribution in [1.29, 1.82) is 0 Å². The molecule has 14 heavy (non-hydrogen) atoms. The minimum Gasteiger partial charge on any atom is -0.364 e. The molecule has 0 spiro atoms. The summed E-state index contributed by atoms with van der Waals surface area (Å²) in [6, 6.07) is 0. The lowest BCUT2D eigenvalue weighted by Gasteiger charge is -2.09. The topological polar surface area (TPSA) is 60.3 Å². The summed E-state index contributed by atoms with van der Waals surface area (Å²) < 4.78 is 0. The fraction of sp³-hybridized carbons (Fsp3) is 0.200. The average molecular weight is 189 g/mol. The Morgan fingerprint density at radius 3 is 2.86 bits per heavy atom. The second-order valence-corrected chi connectivity index (χ2v) is 3.06. The highest BCUT2D eigenvalue weighted by Gasteiger charge is 2.36. The number of allylic oxidation sites excluding steroid dienone is 4. The van der Waals surface area contributed by atoms with Gasteiger partial charge in [-0.15, -0.1) is 0 Å². The Labute approximate surface area is 81.4 Å². The van der Waals surface area contributed by atoms with Crippen molar-refractivity contribution in [2.75, 3.05) is 6.54 Å². The average Bonchev–Trinajstić information content (AvgIpc) is 2.45. The van der Waals surface area contributed by atoms with E-state index in [9.17, 15) is 9.59 Å². The lowest BCUT2D eigenvalue weighted by molar-refractivity contribution is -0.126. The van der Waals surface area contributed by atoms with Gasteiger partial charge in [-0.2, -0.15) is 0 Å². The largest absolute Gasteiger partial charge is 0.364 e. The normalized spacial score (nSPS) is 25.4. The van der Waals surface area contributed by atoms with E-state index in [4.69, 9.17) is 0 Å². The van der Waals surface area contributed by atoms with Crippen molar-refractivity contribution in [3.8, 4) is 0 Å². The minimum absolute atomic E-state index is 0.00987. The first-order valence-electron chi connectivity index (χ1n) is 4.33. The van der Waals surface area contributed by atoms with Crippen LogP contribution in [0.4, 0.5) is 0 Å². The van der Waals surface area contributed by atoms with Crippen molar-refractivity contribution < 1.29 is 9.59 Å². The van der Waals surface area contributed by atoms with Crippen molar-refractivity contribution in [3.05, 3.63) is 36.2 Å². The van der Waals surface area contributed by atoms with E-state index in [1.54, 1.807) is 24.4 Å². The quantitative estimate of drug-likeness (QED) is 0.585. The van der Waals surface area contributed by atoms with Crippen molar-refractivity contribution in [1.82, 2.24) is 10.6 Å². The molecular formula is C10H9N2O2. The first kappa shape index (κ1) is 8.74. The third-order valence-electron chi connectivity index (χ3n) is 2.11. The van der Waals surface area contributed by atoms with Gasteiger partial charge in [-0.3, -0.25) is 9.59 Å². The molecule has 2 aliphatic heterocycles. The van der Waals surface area contributed by atoms with E-state index in [0.717, 1.165) is 0 Å². The lowest BCUT2D eigenvalue weighted by atomic mass is 10.0. The van der Waals surface area contributed by atoms with Crippen LogP contribution in [0.5, 0.6) is 0 Å². The Kier molecular flexibility index (Phi) is 2.18. The predicted octanol–water partition coefficient (Wildman–Crippen LogP) is -0.127. The molecule has 2 aliphatic rings. The van der Waals surface area contributed by atoms with Crippen LogP contribution in [0.1, 0.15) is 0 Å². The summed E-state index contributed by atoms with van der Waals surface area (Å²) in [5, 5.41) is 6.49. The molecule has 1 N–H and O–H groups in total. The number of ketones is 1. The molecule has 4 heteroatoms. The first-order valence-corrected chi connectivity index (χ1v) is 4.33. The third-order valence-corrected chi connectivity index (χ3v) is 2.11. The molecule has 1 radical (unpaired) electrons. The molecule has 1 unspecified atom stereocenters. The van der Waals surface area contributed by atoms with Gasteiger partial charge in [-0.05, 0) is 12.2 Å². The van der Waals surface area contributed by atoms with E-state index in [1.807, 2.05) is 6.08 Å². The van der Waals surface area contributed by atoms with Crippen LogP contribution >= 0.6 is 0 Å². The molecule has 1 atom stereocenters. The number of carbonyl (C=O) groups excluding carboxylic acids is 2. The number of nitrogens with zero attached hydrogens (tertiary/aromatic N) is 1. The molecule has 0 bridgehead atoms. The standard InChI is InChI=1S/C10H9N2O2/c13-8-6-12-10(14)9(8)7-4-2-1-3-5-11-7/h1-5,9,11H,6H2. The third kappa shape index (κ3) is 1.46. The second kappa shape index (κ2) is 3.49. The molecule has 0 aromatic carbocycles. The summed E-state index contributed by atoms with van der Waals surface area (Å²) in [4.78, 5) is 22.6. The maximum atomic E-state index is 11.4. The zero-order valence-corrected chi connectivity index (χ0v) is 7.43. The van der Waals surface area contributed by atoms with E-state index >= 15 is 0 Å². The van der Waals surface area contributed by atoms with Crippen LogP contribution < -0.4 is 10.6 Å². The predicted molar refractivity (Wildman–Crippen MR) is 50.0 cm³/mol. The zero-order chi connectivity index (χ0) is 9.97. The van der Waals surface area contributed by atoms with Crippen molar-refractivity contribution in [3.63, 3.8) is 0 Å². The van der Waals surface area contributed by atoms with E-state index in [2.05, 4.69) is 10.6 Å². The van der Waals surface area contributed by atoms with Crippen LogP contribution in [0, 0.1) is 5.92 Å². The summed E-state index contributed by atoms with van der Waals surface area (Å²) >= 11 is 0. The number of carbonyl (C=O) groups is 2. The molecule has 0 aromatic rings. The van der Waals surface area contributed by atoms with Crippen molar-refractivity contribution in [2.45, 2.75) is 0 Å². The van der Waals surface area contributed by atoms with Gasteiger partial charge in [0.2, 0.25) is 0 Å². The monoisotopic (exact) mass is 189 g/mol. The molecular weight excluding hydrogens is 180 g/mol. The van der Waals surface area contributed by atoms with Crippen LogP contribution in [0.2, 0.25) is 0 Å². The fourth-order valence-corrected chi connectivity index (χ4v) is 1.43. The molecule has 2 rings (SSSR count). The molecule has 71 valence electrons. The van der Waals surface area contributed by atoms with Crippen LogP contribution in [-0.2, 0) is 9.59 Å². The van der Waals surface area contributed by atoms with Gasteiger partial charge < -0.3 is 5.32 Å². The van der Waals surface area contributed by atoms with Gasteiger partial charge in [0.05, 0.1) is 0 Å². The van der Waals surface area contributed by atoms with Crippen LogP contribution in [0.3, 0.4) is 0 Å². The van der Waals surface area contributed by atoms with Crippen molar-refractivity contribution >= 4 is 11.7 Å².